The highest BCUT2D eigenvalue weighted by Gasteiger charge is 2.27. The predicted molar refractivity (Wildman–Crippen MR) is 163 cm³/mol. The van der Waals surface area contributed by atoms with Crippen LogP contribution in [0.3, 0.4) is 0 Å². The van der Waals surface area contributed by atoms with Crippen LogP contribution in [-0.2, 0) is 9.47 Å². The topological polar surface area (TPSA) is 201 Å². The molecular formula is C27H58N8O7. The highest BCUT2D eigenvalue weighted by atomic mass is 16.6. The minimum atomic E-state index is -0.668. The predicted octanol–water partition coefficient (Wildman–Crippen LogP) is 1.70. The van der Waals surface area contributed by atoms with Gasteiger partial charge in [-0.25, -0.2) is 9.59 Å². The third-order valence-corrected chi connectivity index (χ3v) is 5.61. The third kappa shape index (κ3) is 20.5. The van der Waals surface area contributed by atoms with E-state index >= 15 is 0 Å². The third-order valence-electron chi connectivity index (χ3n) is 5.61. The van der Waals surface area contributed by atoms with Crippen LogP contribution in [0.4, 0.5) is 9.59 Å². The lowest BCUT2D eigenvalue weighted by atomic mass is 10.2. The van der Waals surface area contributed by atoms with Crippen LogP contribution in [0.5, 0.6) is 0 Å². The summed E-state index contributed by atoms with van der Waals surface area (Å²) in [4.78, 5) is 33.8. The monoisotopic (exact) mass is 606 g/mol. The minimum Gasteiger partial charge on any atom is -0.444 e. The summed E-state index contributed by atoms with van der Waals surface area (Å²) in [5, 5.41) is 30.0. The largest absolute Gasteiger partial charge is 0.444 e. The molecule has 2 saturated heterocycles. The van der Waals surface area contributed by atoms with Crippen LogP contribution in [0.15, 0.2) is 5.11 Å². The van der Waals surface area contributed by atoms with Crippen molar-refractivity contribution in [1.29, 1.82) is 0 Å². The lowest BCUT2D eigenvalue weighted by Crippen LogP contribution is -2.52. The Morgan fingerprint density at radius 3 is 1.45 bits per heavy atom. The highest BCUT2D eigenvalue weighted by Crippen LogP contribution is 2.13. The van der Waals surface area contributed by atoms with Gasteiger partial charge in [0.25, 0.3) is 0 Å². The van der Waals surface area contributed by atoms with Crippen LogP contribution in [0.1, 0.15) is 55.9 Å². The highest BCUT2D eigenvalue weighted by molar-refractivity contribution is 5.68. The van der Waals surface area contributed by atoms with Gasteiger partial charge < -0.3 is 40.3 Å². The fourth-order valence-electron chi connectivity index (χ4n) is 3.74. The average molecular weight is 607 g/mol. The second kappa shape index (κ2) is 21.3. The van der Waals surface area contributed by atoms with Crippen LogP contribution in [-0.4, -0.2) is 156 Å². The van der Waals surface area contributed by atoms with Crippen molar-refractivity contribution in [3.05, 3.63) is 10.4 Å². The molecule has 0 bridgehead atoms. The van der Waals surface area contributed by atoms with Crippen molar-refractivity contribution in [3.63, 3.8) is 0 Å². The van der Waals surface area contributed by atoms with Crippen molar-refractivity contribution in [3.8, 4) is 0 Å². The molecule has 2 unspecified atom stereocenters. The molecule has 0 spiro atoms. The molecular weight excluding hydrogens is 548 g/mol. The van der Waals surface area contributed by atoms with E-state index in [1.807, 2.05) is 46.4 Å². The van der Waals surface area contributed by atoms with Gasteiger partial charge in [-0.15, -0.1) is 0 Å². The molecule has 2 fully saturated rings. The van der Waals surface area contributed by atoms with E-state index < -0.39 is 23.4 Å². The van der Waals surface area contributed by atoms with Gasteiger partial charge in [0.1, 0.15) is 11.2 Å². The van der Waals surface area contributed by atoms with E-state index in [0.717, 1.165) is 13.1 Å². The molecule has 2 aliphatic rings. The zero-order chi connectivity index (χ0) is 31.6. The summed E-state index contributed by atoms with van der Waals surface area (Å²) in [5.74, 6) is 0. The van der Waals surface area contributed by atoms with Gasteiger partial charge in [0.05, 0.1) is 18.8 Å². The molecule has 0 aromatic rings. The number of β-amino-alcohol motifs (C(OH)–C–C–N with tert-alkyl or cyclic N) is 2. The molecule has 0 saturated carbocycles. The van der Waals surface area contributed by atoms with Crippen molar-refractivity contribution in [2.45, 2.75) is 79.3 Å². The van der Waals surface area contributed by atoms with Crippen LogP contribution in [0.25, 0.3) is 10.4 Å². The minimum absolute atomic E-state index is 0. The number of nitrogens with two attached hydrogens (primary N) is 1. The van der Waals surface area contributed by atoms with Crippen molar-refractivity contribution in [2.24, 2.45) is 10.8 Å². The van der Waals surface area contributed by atoms with E-state index in [2.05, 4.69) is 14.9 Å². The first-order valence-electron chi connectivity index (χ1n) is 14.1. The van der Waals surface area contributed by atoms with E-state index in [-0.39, 0.29) is 39.3 Å². The lowest BCUT2D eigenvalue weighted by molar-refractivity contribution is 0.00956. The number of azide groups is 1. The molecule has 2 atom stereocenters. The summed E-state index contributed by atoms with van der Waals surface area (Å²) in [6.45, 7) is 19.6. The molecule has 2 heterocycles. The second-order valence-corrected chi connectivity index (χ2v) is 11.8. The Hall–Kier alpha value is -2.39. The summed E-state index contributed by atoms with van der Waals surface area (Å²) in [6.07, 6.45) is -1.72. The normalized spacial score (nSPS) is 17.6. The number of aliphatic hydroxyl groups excluding tert-OH is 3. The van der Waals surface area contributed by atoms with E-state index in [1.165, 1.54) is 0 Å². The van der Waals surface area contributed by atoms with Gasteiger partial charge in [-0.3, -0.25) is 9.80 Å². The molecule has 248 valence electrons. The SMILES string of the molecule is C.CC(C)(C)OC(=O)N1CCN(CC(O)CN)CC1.CC(C)(C)OC(=O)N1CCN(CC(O)CN=[N+]=[N-])CC1.CCO. The Labute approximate surface area is 252 Å². The Balaban J connectivity index is 0. The van der Waals surface area contributed by atoms with Crippen LogP contribution < -0.4 is 5.73 Å². The van der Waals surface area contributed by atoms with Gasteiger partial charge in [-0.1, -0.05) is 12.5 Å². The summed E-state index contributed by atoms with van der Waals surface area (Å²) < 4.78 is 10.6. The molecule has 0 aromatic heterocycles. The molecule has 0 aromatic carbocycles. The first-order valence-corrected chi connectivity index (χ1v) is 14.1. The van der Waals surface area contributed by atoms with Gasteiger partial charge in [0.15, 0.2) is 0 Å². The Kier molecular flexibility index (Phi) is 21.2. The van der Waals surface area contributed by atoms with Crippen molar-refractivity contribution in [2.75, 3.05) is 85.1 Å². The van der Waals surface area contributed by atoms with Gasteiger partial charge in [-0.05, 0) is 54.0 Å². The number of hydrogen-bond acceptors (Lipinski definition) is 11. The molecule has 15 heteroatoms. The maximum absolute atomic E-state index is 11.9. The maximum atomic E-state index is 11.9. The quantitative estimate of drug-likeness (QED) is 0.188. The molecule has 0 aliphatic carbocycles. The van der Waals surface area contributed by atoms with Gasteiger partial charge in [0.2, 0.25) is 0 Å². The average Bonchev–Trinajstić information content (AvgIpc) is 2.87. The first-order chi connectivity index (χ1) is 19.0. The molecule has 15 nitrogen and oxygen atoms in total. The number of hydrogen-bond donors (Lipinski definition) is 4. The molecule has 5 N–H and O–H groups in total. The zero-order valence-electron chi connectivity index (χ0n) is 26.0. The molecule has 42 heavy (non-hydrogen) atoms. The number of ether oxygens (including phenoxy) is 2. The maximum Gasteiger partial charge on any atom is 0.410 e. The number of rotatable bonds is 7. The molecule has 2 rings (SSSR count). The van der Waals surface area contributed by atoms with E-state index in [0.29, 0.717) is 52.4 Å². The second-order valence-electron chi connectivity index (χ2n) is 11.8. The Morgan fingerprint density at radius 2 is 1.17 bits per heavy atom. The smallest absolute Gasteiger partial charge is 0.410 e. The van der Waals surface area contributed by atoms with Crippen LogP contribution >= 0.6 is 0 Å². The molecule has 2 aliphatic heterocycles. The number of carbonyl (C=O) groups excluding carboxylic acids is 2. The summed E-state index contributed by atoms with van der Waals surface area (Å²) >= 11 is 0. The summed E-state index contributed by atoms with van der Waals surface area (Å²) in [6, 6.07) is 0. The van der Waals surface area contributed by atoms with Gasteiger partial charge >= 0.3 is 12.2 Å². The van der Waals surface area contributed by atoms with Crippen molar-refractivity contribution in [1.82, 2.24) is 19.6 Å². The fraction of sp³-hybridized carbons (Fsp3) is 0.926. The summed E-state index contributed by atoms with van der Waals surface area (Å²) in [7, 11) is 0. The van der Waals surface area contributed by atoms with Crippen LogP contribution in [0, 0.1) is 0 Å². The van der Waals surface area contributed by atoms with Crippen molar-refractivity contribution < 1.29 is 34.4 Å². The number of nitrogens with zero attached hydrogens (tertiary/aromatic N) is 7. The molecule has 2 amide bonds. The molecule has 0 radical (unpaired) electrons. The van der Waals surface area contributed by atoms with E-state index in [1.54, 1.807) is 16.7 Å². The van der Waals surface area contributed by atoms with Gasteiger partial charge in [0, 0.05) is 83.5 Å². The Morgan fingerprint density at radius 1 is 0.833 bits per heavy atom. The summed E-state index contributed by atoms with van der Waals surface area (Å²) in [5.41, 5.74) is 12.6. The Bertz CT molecular complexity index is 784. The van der Waals surface area contributed by atoms with Crippen LogP contribution in [0.2, 0.25) is 0 Å². The number of amides is 2. The van der Waals surface area contributed by atoms with E-state index in [9.17, 15) is 19.8 Å². The number of carbonyl (C=O) groups is 2. The number of piperazine rings is 2. The fourth-order valence-corrected chi connectivity index (χ4v) is 3.74. The first kappa shape index (κ1) is 41.7. The van der Waals surface area contributed by atoms with E-state index in [4.69, 9.17) is 25.8 Å². The zero-order valence-corrected chi connectivity index (χ0v) is 26.0. The van der Waals surface area contributed by atoms with Crippen molar-refractivity contribution >= 4 is 12.2 Å². The lowest BCUT2D eigenvalue weighted by Gasteiger charge is -2.36. The van der Waals surface area contributed by atoms with Gasteiger partial charge in [-0.2, -0.15) is 0 Å². The standard InChI is InChI=1S/C12H23N5O3.C12H25N3O3.C2H6O.CH4/c1-12(2,3)20-11(19)17-6-4-16(5-7-17)9-10(18)8-14-15-13;1-12(2,3)18-11(17)15-6-4-14(5-7-15)9-10(16)8-13;1-2-3;/h10,18H,4-9H2,1-3H3;10,16H,4-9,13H2,1-3H3;3H,2H2,1H3;1H4. The number of aliphatic hydroxyl groups is 3.